The molecule has 0 radical (unpaired) electrons. The first-order chi connectivity index (χ1) is 34.6. The summed E-state index contributed by atoms with van der Waals surface area (Å²) in [4.78, 5) is 12.9. The topological polar surface area (TPSA) is 228 Å². The average Bonchev–Trinajstić information content (AvgIpc) is 3.37. The van der Waals surface area contributed by atoms with Gasteiger partial charge in [0.25, 0.3) is 0 Å². The molecule has 2 rings (SSSR count). The van der Waals surface area contributed by atoms with Crippen LogP contribution in [-0.4, -0.2) is 140 Å². The first kappa shape index (κ1) is 66.1. The molecule has 14 nitrogen and oxygen atoms in total. The largest absolute Gasteiger partial charge is 0.394 e. The summed E-state index contributed by atoms with van der Waals surface area (Å²) < 4.78 is 22.7. The molecule has 0 aromatic heterocycles. The van der Waals surface area contributed by atoms with Crippen molar-refractivity contribution in [3.63, 3.8) is 0 Å². The molecule has 1 amide bonds. The van der Waals surface area contributed by atoms with E-state index in [2.05, 4.69) is 19.2 Å². The van der Waals surface area contributed by atoms with Crippen molar-refractivity contribution in [2.45, 2.75) is 338 Å². The maximum absolute atomic E-state index is 12.9. The molecule has 2 saturated heterocycles. The van der Waals surface area contributed by atoms with E-state index in [4.69, 9.17) is 18.9 Å². The average molecular weight is 1020 g/mol. The van der Waals surface area contributed by atoms with Crippen LogP contribution in [-0.2, 0) is 23.7 Å². The lowest BCUT2D eigenvalue weighted by Gasteiger charge is -2.46. The second kappa shape index (κ2) is 44.2. The number of carbonyl (C=O) groups excluding carboxylic acids is 1. The van der Waals surface area contributed by atoms with E-state index in [1.807, 2.05) is 0 Å². The Hall–Kier alpha value is -1.01. The van der Waals surface area contributed by atoms with Crippen LogP contribution in [0, 0.1) is 0 Å². The number of hydrogen-bond donors (Lipinski definition) is 9. The van der Waals surface area contributed by atoms with Gasteiger partial charge in [-0.1, -0.05) is 245 Å². The van der Waals surface area contributed by atoms with Crippen LogP contribution in [0.4, 0.5) is 0 Å². The molecule has 422 valence electrons. The molecule has 0 aromatic carbocycles. The molecule has 9 N–H and O–H groups in total. The normalized spacial score (nSPS) is 25.7. The van der Waals surface area contributed by atoms with Crippen LogP contribution < -0.4 is 5.32 Å². The SMILES string of the molecule is CCCCCCCCCCCCCCCCCCCCCCCCCCCCCCCCCCCC(O)C(COC1OC(CO)C(OC2OC(CO)C(O)C(O)C2O)C(O)C1O)NC(=O)CCCCCC. The monoisotopic (exact) mass is 1020 g/mol. The number of unbranched alkanes of at least 4 members (excludes halogenated alkanes) is 35. The summed E-state index contributed by atoms with van der Waals surface area (Å²) in [5.41, 5.74) is 0. The maximum atomic E-state index is 12.9. The van der Waals surface area contributed by atoms with Gasteiger partial charge in [-0.25, -0.2) is 0 Å². The fourth-order valence-electron chi connectivity index (χ4n) is 10.2. The van der Waals surface area contributed by atoms with Gasteiger partial charge in [0.15, 0.2) is 12.6 Å². The van der Waals surface area contributed by atoms with Gasteiger partial charge < -0.3 is 65.1 Å². The number of amides is 1. The Morgan fingerprint density at radius 1 is 0.451 bits per heavy atom. The highest BCUT2D eigenvalue weighted by Crippen LogP contribution is 2.30. The molecule has 12 unspecified atom stereocenters. The molecule has 14 heteroatoms. The summed E-state index contributed by atoms with van der Waals surface area (Å²) in [5, 5.41) is 86.6. The van der Waals surface area contributed by atoms with Gasteiger partial charge in [-0.15, -0.1) is 0 Å². The van der Waals surface area contributed by atoms with Crippen LogP contribution in [0.1, 0.15) is 264 Å². The van der Waals surface area contributed by atoms with Gasteiger partial charge in [0, 0.05) is 6.42 Å². The zero-order valence-corrected chi connectivity index (χ0v) is 45.2. The van der Waals surface area contributed by atoms with Crippen molar-refractivity contribution < 1.29 is 64.6 Å². The molecule has 2 fully saturated rings. The third-order valence-corrected chi connectivity index (χ3v) is 15.1. The number of hydrogen-bond acceptors (Lipinski definition) is 13. The molecule has 12 atom stereocenters. The van der Waals surface area contributed by atoms with Gasteiger partial charge in [-0.2, -0.15) is 0 Å². The molecule has 0 bridgehead atoms. The molecular formula is C57H111NO13. The smallest absolute Gasteiger partial charge is 0.220 e. The molecule has 2 heterocycles. The van der Waals surface area contributed by atoms with Crippen molar-refractivity contribution >= 4 is 5.91 Å². The zero-order chi connectivity index (χ0) is 51.7. The van der Waals surface area contributed by atoms with Crippen molar-refractivity contribution in [2.75, 3.05) is 19.8 Å². The van der Waals surface area contributed by atoms with Crippen LogP contribution in [0.25, 0.3) is 0 Å². The number of carbonyl (C=O) groups is 1. The van der Waals surface area contributed by atoms with E-state index < -0.39 is 86.8 Å². The van der Waals surface area contributed by atoms with E-state index in [-0.39, 0.29) is 12.5 Å². The Bertz CT molecular complexity index is 1200. The molecule has 71 heavy (non-hydrogen) atoms. The Morgan fingerprint density at radius 2 is 0.803 bits per heavy atom. The summed E-state index contributed by atoms with van der Waals surface area (Å²) in [6, 6.07) is -0.819. The van der Waals surface area contributed by atoms with Crippen molar-refractivity contribution in [3.05, 3.63) is 0 Å². The number of aliphatic hydroxyl groups excluding tert-OH is 8. The Kier molecular flexibility index (Phi) is 41.1. The van der Waals surface area contributed by atoms with Gasteiger partial charge in [-0.05, 0) is 12.8 Å². The number of nitrogens with one attached hydrogen (secondary N) is 1. The van der Waals surface area contributed by atoms with Crippen molar-refractivity contribution in [3.8, 4) is 0 Å². The Morgan fingerprint density at radius 3 is 1.20 bits per heavy atom. The molecule has 0 spiro atoms. The van der Waals surface area contributed by atoms with E-state index in [1.54, 1.807) is 0 Å². The molecule has 0 saturated carbocycles. The number of rotatable bonds is 48. The highest BCUT2D eigenvalue weighted by Gasteiger charge is 2.51. The lowest BCUT2D eigenvalue weighted by atomic mass is 9.97. The van der Waals surface area contributed by atoms with Crippen LogP contribution in [0.3, 0.4) is 0 Å². The van der Waals surface area contributed by atoms with Gasteiger partial charge in [0.1, 0.15) is 48.8 Å². The van der Waals surface area contributed by atoms with Crippen LogP contribution in [0.5, 0.6) is 0 Å². The second-order valence-electron chi connectivity index (χ2n) is 21.5. The van der Waals surface area contributed by atoms with E-state index in [0.717, 1.165) is 44.9 Å². The number of ether oxygens (including phenoxy) is 4. The van der Waals surface area contributed by atoms with Gasteiger partial charge in [0.2, 0.25) is 5.91 Å². The Labute approximate surface area is 432 Å². The maximum Gasteiger partial charge on any atom is 0.220 e. The third kappa shape index (κ3) is 30.4. The summed E-state index contributed by atoms with van der Waals surface area (Å²) in [6.45, 7) is 2.75. The van der Waals surface area contributed by atoms with Crippen LogP contribution >= 0.6 is 0 Å². The fourth-order valence-corrected chi connectivity index (χ4v) is 10.2. The Balaban J connectivity index is 1.52. The van der Waals surface area contributed by atoms with Gasteiger partial charge in [0.05, 0.1) is 32.0 Å². The molecule has 2 aliphatic rings. The van der Waals surface area contributed by atoms with Gasteiger partial charge in [-0.3, -0.25) is 4.79 Å². The van der Waals surface area contributed by atoms with E-state index in [1.165, 1.54) is 186 Å². The third-order valence-electron chi connectivity index (χ3n) is 15.1. The first-order valence-corrected chi connectivity index (χ1v) is 29.8. The summed E-state index contributed by atoms with van der Waals surface area (Å²) in [7, 11) is 0. The predicted octanol–water partition coefficient (Wildman–Crippen LogP) is 9.73. The molecule has 2 aliphatic heterocycles. The highest BCUT2D eigenvalue weighted by atomic mass is 16.7. The quantitative estimate of drug-likeness (QED) is 0.0259. The van der Waals surface area contributed by atoms with Crippen molar-refractivity contribution in [2.24, 2.45) is 0 Å². The zero-order valence-electron chi connectivity index (χ0n) is 45.2. The van der Waals surface area contributed by atoms with E-state index >= 15 is 0 Å². The van der Waals surface area contributed by atoms with Crippen molar-refractivity contribution in [1.29, 1.82) is 0 Å². The minimum absolute atomic E-state index is 0.221. The summed E-state index contributed by atoms with van der Waals surface area (Å²) in [6.07, 6.45) is 32.3. The minimum Gasteiger partial charge on any atom is -0.394 e. The molecule has 0 aliphatic carbocycles. The van der Waals surface area contributed by atoms with Crippen LogP contribution in [0.2, 0.25) is 0 Å². The standard InChI is InChI=1S/C57H111NO13/c1-3-5-7-9-10-11-12-13-14-15-16-17-18-19-20-21-22-23-24-25-26-27-28-29-30-31-32-33-34-35-36-37-38-40-46(61)45(58-49(62)41-39-8-6-4-2)44-68-56-54(67)52(65)55(48(43-60)70-56)71-57-53(66)51(64)50(63)47(42-59)69-57/h45-48,50-57,59-61,63-67H,3-44H2,1-2H3,(H,58,62). The molecule has 0 aromatic rings. The van der Waals surface area contributed by atoms with Crippen molar-refractivity contribution in [1.82, 2.24) is 5.32 Å². The predicted molar refractivity (Wildman–Crippen MR) is 282 cm³/mol. The second-order valence-corrected chi connectivity index (χ2v) is 21.5. The molecular weight excluding hydrogens is 907 g/mol. The van der Waals surface area contributed by atoms with Crippen LogP contribution in [0.15, 0.2) is 0 Å². The minimum atomic E-state index is -1.78. The van der Waals surface area contributed by atoms with Gasteiger partial charge >= 0.3 is 0 Å². The first-order valence-electron chi connectivity index (χ1n) is 29.8. The van der Waals surface area contributed by atoms with E-state index in [0.29, 0.717) is 19.3 Å². The van der Waals surface area contributed by atoms with E-state index in [9.17, 15) is 45.6 Å². The number of aliphatic hydroxyl groups is 8. The lowest BCUT2D eigenvalue weighted by molar-refractivity contribution is -0.359. The fraction of sp³-hybridized carbons (Fsp3) is 0.982. The lowest BCUT2D eigenvalue weighted by Crippen LogP contribution is -2.65. The highest BCUT2D eigenvalue weighted by molar-refractivity contribution is 5.76. The summed E-state index contributed by atoms with van der Waals surface area (Å²) >= 11 is 0. The summed E-state index contributed by atoms with van der Waals surface area (Å²) in [5.74, 6) is -0.221.